The van der Waals surface area contributed by atoms with Crippen molar-refractivity contribution in [3.8, 4) is 0 Å². The number of rotatable bonds is 8. The van der Waals surface area contributed by atoms with Gasteiger partial charge < -0.3 is 15.1 Å². The van der Waals surface area contributed by atoms with E-state index in [0.29, 0.717) is 13.0 Å². The topological polar surface area (TPSA) is 52.7 Å². The Morgan fingerprint density at radius 2 is 1.86 bits per heavy atom. The van der Waals surface area contributed by atoms with Crippen LogP contribution in [0.2, 0.25) is 0 Å². The van der Waals surface area contributed by atoms with Crippen LogP contribution in [0.25, 0.3) is 0 Å². The van der Waals surface area contributed by atoms with Crippen LogP contribution in [0.1, 0.15) is 72.3 Å². The van der Waals surface area contributed by atoms with Gasteiger partial charge in [-0.15, -0.1) is 0 Å². The summed E-state index contributed by atoms with van der Waals surface area (Å²) in [5.74, 6) is 0.444. The minimum Gasteiger partial charge on any atom is -0.377 e. The van der Waals surface area contributed by atoms with Crippen LogP contribution in [0.5, 0.6) is 0 Å². The highest BCUT2D eigenvalue weighted by Gasteiger charge is 2.27. The van der Waals surface area contributed by atoms with Gasteiger partial charge in [-0.3, -0.25) is 9.59 Å². The first kappa shape index (κ1) is 23.2. The first-order valence-corrected chi connectivity index (χ1v) is 10.9. The van der Waals surface area contributed by atoms with E-state index in [1.54, 1.807) is 0 Å². The molecule has 1 saturated carbocycles. The van der Waals surface area contributed by atoms with Gasteiger partial charge in [0, 0.05) is 50.4 Å². The van der Waals surface area contributed by atoms with E-state index >= 15 is 0 Å². The quantitative estimate of drug-likeness (QED) is 0.663. The number of hydrogen-bond donors (Lipinski definition) is 1. The number of nitrogens with one attached hydrogen (secondary N) is 1. The van der Waals surface area contributed by atoms with Crippen LogP contribution in [0.4, 0.5) is 11.4 Å². The SMILES string of the molecule is CCC(C)N(Cc1cc(NC(=O)C2CCC2)ccc1N(C)C)C(=O)CC(C)(C)C. The number of benzene rings is 1. The van der Waals surface area contributed by atoms with Crippen molar-refractivity contribution >= 4 is 23.2 Å². The van der Waals surface area contributed by atoms with Crippen molar-refractivity contribution in [2.45, 2.75) is 79.3 Å². The van der Waals surface area contributed by atoms with Crippen molar-refractivity contribution in [1.29, 1.82) is 0 Å². The number of nitrogens with zero attached hydrogens (tertiary/aromatic N) is 2. The molecule has 1 atom stereocenters. The van der Waals surface area contributed by atoms with Gasteiger partial charge in [-0.05, 0) is 55.4 Å². The van der Waals surface area contributed by atoms with Crippen molar-refractivity contribution in [3.63, 3.8) is 0 Å². The van der Waals surface area contributed by atoms with Crippen molar-refractivity contribution in [1.82, 2.24) is 4.90 Å². The first-order valence-electron chi connectivity index (χ1n) is 10.9. The van der Waals surface area contributed by atoms with Gasteiger partial charge >= 0.3 is 0 Å². The molecule has 2 rings (SSSR count). The summed E-state index contributed by atoms with van der Waals surface area (Å²) in [4.78, 5) is 29.5. The molecule has 1 aromatic rings. The molecule has 0 spiro atoms. The lowest BCUT2D eigenvalue weighted by Crippen LogP contribution is -2.39. The molecule has 162 valence electrons. The van der Waals surface area contributed by atoms with E-state index in [4.69, 9.17) is 0 Å². The van der Waals surface area contributed by atoms with E-state index < -0.39 is 0 Å². The standard InChI is InChI=1S/C24H39N3O2/c1-8-17(2)27(22(28)15-24(3,4)5)16-19-14-20(12-13-21(19)26(6)7)25-23(29)18-10-9-11-18/h12-14,17-18H,8-11,15-16H2,1-7H3,(H,25,29). The number of hydrogen-bond acceptors (Lipinski definition) is 3. The van der Waals surface area contributed by atoms with Crippen LogP contribution < -0.4 is 10.2 Å². The van der Waals surface area contributed by atoms with Crippen LogP contribution in [0.15, 0.2) is 18.2 Å². The molecule has 5 nitrogen and oxygen atoms in total. The monoisotopic (exact) mass is 401 g/mol. The maximum atomic E-state index is 13.1. The predicted octanol–water partition coefficient (Wildman–Crippen LogP) is 5.05. The molecule has 1 aromatic carbocycles. The van der Waals surface area contributed by atoms with E-state index in [1.165, 1.54) is 0 Å². The highest BCUT2D eigenvalue weighted by atomic mass is 16.2. The predicted molar refractivity (Wildman–Crippen MR) is 121 cm³/mol. The first-order chi connectivity index (χ1) is 13.5. The highest BCUT2D eigenvalue weighted by Crippen LogP contribution is 2.30. The molecule has 1 fully saturated rings. The fraction of sp³-hybridized carbons (Fsp3) is 0.667. The minimum atomic E-state index is -0.0498. The zero-order valence-electron chi connectivity index (χ0n) is 19.3. The average molecular weight is 402 g/mol. The maximum absolute atomic E-state index is 13.1. The molecule has 2 amide bonds. The maximum Gasteiger partial charge on any atom is 0.227 e. The minimum absolute atomic E-state index is 0.0498. The van der Waals surface area contributed by atoms with Gasteiger partial charge in [0.1, 0.15) is 0 Å². The number of carbonyl (C=O) groups excluding carboxylic acids is 2. The zero-order chi connectivity index (χ0) is 21.8. The summed E-state index contributed by atoms with van der Waals surface area (Å²) in [6.45, 7) is 11.1. The van der Waals surface area contributed by atoms with Crippen molar-refractivity contribution < 1.29 is 9.59 Å². The summed E-state index contributed by atoms with van der Waals surface area (Å²) < 4.78 is 0. The van der Waals surface area contributed by atoms with E-state index in [-0.39, 0.29) is 29.2 Å². The zero-order valence-corrected chi connectivity index (χ0v) is 19.3. The summed E-state index contributed by atoms with van der Waals surface area (Å²) in [7, 11) is 4.02. The summed E-state index contributed by atoms with van der Waals surface area (Å²) in [5.41, 5.74) is 2.90. The number of carbonyl (C=O) groups is 2. The van der Waals surface area contributed by atoms with Crippen LogP contribution in [-0.4, -0.2) is 36.9 Å². The molecule has 1 aliphatic carbocycles. The molecule has 1 N–H and O–H groups in total. The third-order valence-corrected chi connectivity index (χ3v) is 5.77. The Bertz CT molecular complexity index is 717. The lowest BCUT2D eigenvalue weighted by molar-refractivity contribution is -0.136. The second-order valence-electron chi connectivity index (χ2n) is 9.87. The van der Waals surface area contributed by atoms with Gasteiger partial charge in [-0.2, -0.15) is 0 Å². The van der Waals surface area contributed by atoms with Crippen LogP contribution >= 0.6 is 0 Å². The highest BCUT2D eigenvalue weighted by molar-refractivity contribution is 5.93. The smallest absolute Gasteiger partial charge is 0.227 e. The van der Waals surface area contributed by atoms with E-state index in [1.807, 2.05) is 37.2 Å². The normalized spacial score (nSPS) is 15.4. The molecule has 0 aliphatic heterocycles. The third-order valence-electron chi connectivity index (χ3n) is 5.77. The Morgan fingerprint density at radius 3 is 2.34 bits per heavy atom. The van der Waals surface area contributed by atoms with Crippen molar-refractivity contribution in [3.05, 3.63) is 23.8 Å². The Balaban J connectivity index is 2.28. The Kier molecular flexibility index (Phi) is 7.73. The van der Waals surface area contributed by atoms with Gasteiger partial charge in [0.25, 0.3) is 0 Å². The van der Waals surface area contributed by atoms with E-state index in [0.717, 1.165) is 42.6 Å². The fourth-order valence-electron chi connectivity index (χ4n) is 3.59. The van der Waals surface area contributed by atoms with Crippen LogP contribution in [0, 0.1) is 11.3 Å². The Labute approximate surface area is 176 Å². The van der Waals surface area contributed by atoms with E-state index in [2.05, 4.69) is 44.8 Å². The van der Waals surface area contributed by atoms with Crippen molar-refractivity contribution in [2.75, 3.05) is 24.3 Å². The van der Waals surface area contributed by atoms with Crippen LogP contribution in [-0.2, 0) is 16.1 Å². The second kappa shape index (κ2) is 9.64. The molecule has 0 aromatic heterocycles. The molecule has 0 bridgehead atoms. The van der Waals surface area contributed by atoms with Gasteiger partial charge in [-0.25, -0.2) is 0 Å². The van der Waals surface area contributed by atoms with E-state index in [9.17, 15) is 9.59 Å². The van der Waals surface area contributed by atoms with Gasteiger partial charge in [0.2, 0.25) is 11.8 Å². The largest absolute Gasteiger partial charge is 0.377 e. The van der Waals surface area contributed by atoms with Gasteiger partial charge in [0.15, 0.2) is 0 Å². The third kappa shape index (κ3) is 6.48. The molecule has 0 saturated heterocycles. The summed E-state index contributed by atoms with van der Waals surface area (Å²) >= 11 is 0. The molecular weight excluding hydrogens is 362 g/mol. The lowest BCUT2D eigenvalue weighted by atomic mass is 9.85. The van der Waals surface area contributed by atoms with Crippen LogP contribution in [0.3, 0.4) is 0 Å². The molecule has 0 heterocycles. The number of amides is 2. The fourth-order valence-corrected chi connectivity index (χ4v) is 3.59. The molecule has 1 aliphatic rings. The average Bonchev–Trinajstić information content (AvgIpc) is 2.55. The molecule has 1 unspecified atom stereocenters. The molecule has 29 heavy (non-hydrogen) atoms. The summed E-state index contributed by atoms with van der Waals surface area (Å²) in [6, 6.07) is 6.19. The molecule has 5 heteroatoms. The van der Waals surface area contributed by atoms with Gasteiger partial charge in [0.05, 0.1) is 0 Å². The molecular formula is C24H39N3O2. The lowest BCUT2D eigenvalue weighted by Gasteiger charge is -2.33. The Morgan fingerprint density at radius 1 is 1.21 bits per heavy atom. The Hall–Kier alpha value is -2.04. The van der Waals surface area contributed by atoms with Crippen molar-refractivity contribution in [2.24, 2.45) is 11.3 Å². The number of anilines is 2. The van der Waals surface area contributed by atoms with Gasteiger partial charge in [-0.1, -0.05) is 34.1 Å². The summed E-state index contributed by atoms with van der Waals surface area (Å²) in [5, 5.41) is 3.07. The summed E-state index contributed by atoms with van der Waals surface area (Å²) in [6.07, 6.45) is 4.54. The molecule has 0 radical (unpaired) electrons. The second-order valence-corrected chi connectivity index (χ2v) is 9.87.